The lowest BCUT2D eigenvalue weighted by Gasteiger charge is -2.18. The van der Waals surface area contributed by atoms with Crippen molar-refractivity contribution in [1.82, 2.24) is 9.47 Å². The fraction of sp³-hybridized carbons (Fsp3) is 0.235. The molecule has 0 spiro atoms. The molecule has 11 heteroatoms. The van der Waals surface area contributed by atoms with E-state index in [-0.39, 0.29) is 17.9 Å². The second-order valence-electron chi connectivity index (χ2n) is 10.4. The van der Waals surface area contributed by atoms with Gasteiger partial charge in [0.05, 0.1) is 37.7 Å². The number of non-ortho nitro benzene ring substituents is 1. The van der Waals surface area contributed by atoms with Crippen molar-refractivity contribution in [2.75, 3.05) is 27.9 Å². The van der Waals surface area contributed by atoms with E-state index >= 15 is 0 Å². The molecule has 0 aliphatic heterocycles. The van der Waals surface area contributed by atoms with E-state index in [0.717, 1.165) is 27.1 Å². The zero-order valence-corrected chi connectivity index (χ0v) is 26.3. The molecule has 45 heavy (non-hydrogen) atoms. The smallest absolute Gasteiger partial charge is 0.343 e. The number of hydrogen-bond donors (Lipinski definition) is 0. The largest absolute Gasteiger partial charge is 0.497 e. The van der Waals surface area contributed by atoms with E-state index < -0.39 is 16.3 Å². The lowest BCUT2D eigenvalue weighted by Crippen LogP contribution is -2.23. The van der Waals surface area contributed by atoms with Gasteiger partial charge in [0.2, 0.25) is 5.43 Å². The molecule has 0 fully saturated rings. The van der Waals surface area contributed by atoms with Crippen molar-refractivity contribution in [2.24, 2.45) is 0 Å². The molecule has 5 rings (SSSR count). The highest BCUT2D eigenvalue weighted by molar-refractivity contribution is 7.22. The van der Waals surface area contributed by atoms with Crippen LogP contribution in [0.1, 0.15) is 34.0 Å². The number of nitro groups is 1. The van der Waals surface area contributed by atoms with E-state index in [1.165, 1.54) is 17.4 Å². The number of carbonyl (C=O) groups is 1. The summed E-state index contributed by atoms with van der Waals surface area (Å²) in [6, 6.07) is 21.7. The van der Waals surface area contributed by atoms with Gasteiger partial charge < -0.3 is 18.8 Å². The highest BCUT2D eigenvalue weighted by Gasteiger charge is 2.25. The average molecular weight is 628 g/mol. The number of hydrogen-bond acceptors (Lipinski definition) is 9. The number of nitrogens with zero attached hydrogens (tertiary/aromatic N) is 3. The molecule has 2 aromatic heterocycles. The normalized spacial score (nSPS) is 11.1. The number of thiophene rings is 1. The number of methoxy groups -OCH3 is 2. The predicted octanol–water partition coefficient (Wildman–Crippen LogP) is 6.51. The molecule has 5 aromatic rings. The monoisotopic (exact) mass is 627 g/mol. The lowest BCUT2D eigenvalue weighted by molar-refractivity contribution is -0.384. The first-order valence-corrected chi connectivity index (χ1v) is 15.1. The Morgan fingerprint density at radius 3 is 2.44 bits per heavy atom. The van der Waals surface area contributed by atoms with Crippen LogP contribution in [0.2, 0.25) is 0 Å². The summed E-state index contributed by atoms with van der Waals surface area (Å²) in [5, 5.41) is 11.8. The first-order chi connectivity index (χ1) is 21.7. The third-order valence-electron chi connectivity index (χ3n) is 7.39. The van der Waals surface area contributed by atoms with Crippen LogP contribution in [0.25, 0.3) is 20.7 Å². The predicted molar refractivity (Wildman–Crippen MR) is 174 cm³/mol. The van der Waals surface area contributed by atoms with E-state index in [0.29, 0.717) is 41.3 Å². The van der Waals surface area contributed by atoms with Crippen LogP contribution in [-0.4, -0.2) is 48.2 Å². The molecule has 0 amide bonds. The van der Waals surface area contributed by atoms with Crippen LogP contribution >= 0.6 is 11.3 Å². The number of esters is 1. The SMILES string of the molecule is CCOC(=O)c1cn(Cc2ccccc2OC)c2sc(-c3ccc(OC)cc3)c(CN(C)Cc3cccc([N+](=O)[O-])c3)c2c1=O. The minimum Gasteiger partial charge on any atom is -0.497 e. The van der Waals surface area contributed by atoms with Crippen molar-refractivity contribution < 1.29 is 23.9 Å². The second kappa shape index (κ2) is 13.7. The Morgan fingerprint density at radius 1 is 1.00 bits per heavy atom. The third kappa shape index (κ3) is 6.74. The van der Waals surface area contributed by atoms with Crippen LogP contribution in [0.15, 0.2) is 83.8 Å². The van der Waals surface area contributed by atoms with Gasteiger partial charge in [0.25, 0.3) is 5.69 Å². The van der Waals surface area contributed by atoms with Gasteiger partial charge in [-0.25, -0.2) is 4.79 Å². The quantitative estimate of drug-likeness (QED) is 0.0874. The van der Waals surface area contributed by atoms with Gasteiger partial charge in [-0.05, 0) is 61.0 Å². The maximum atomic E-state index is 14.2. The Bertz CT molecular complexity index is 1910. The number of fused-ring (bicyclic) bond motifs is 1. The van der Waals surface area contributed by atoms with Gasteiger partial charge in [-0.3, -0.25) is 19.8 Å². The summed E-state index contributed by atoms with van der Waals surface area (Å²) in [5.74, 6) is 0.696. The van der Waals surface area contributed by atoms with Gasteiger partial charge in [-0.15, -0.1) is 11.3 Å². The Balaban J connectivity index is 1.70. The van der Waals surface area contributed by atoms with E-state index in [1.54, 1.807) is 39.5 Å². The molecule has 232 valence electrons. The summed E-state index contributed by atoms with van der Waals surface area (Å²) >= 11 is 1.47. The Kier molecular flexibility index (Phi) is 9.60. The molecule has 2 heterocycles. The minimum atomic E-state index is -0.689. The number of aromatic nitrogens is 1. The molecular formula is C34H33N3O7S. The summed E-state index contributed by atoms with van der Waals surface area (Å²) in [7, 11) is 5.10. The summed E-state index contributed by atoms with van der Waals surface area (Å²) in [4.78, 5) is 41.8. The number of benzene rings is 3. The van der Waals surface area contributed by atoms with Gasteiger partial charge in [0.1, 0.15) is 21.9 Å². The molecule has 0 aliphatic rings. The molecule has 0 saturated heterocycles. The topological polar surface area (TPSA) is 113 Å². The van der Waals surface area contributed by atoms with Gasteiger partial charge >= 0.3 is 5.97 Å². The van der Waals surface area contributed by atoms with Crippen molar-refractivity contribution in [3.63, 3.8) is 0 Å². The molecule has 10 nitrogen and oxygen atoms in total. The zero-order chi connectivity index (χ0) is 32.1. The van der Waals surface area contributed by atoms with Crippen molar-refractivity contribution in [2.45, 2.75) is 26.6 Å². The molecule has 0 saturated carbocycles. The van der Waals surface area contributed by atoms with Crippen molar-refractivity contribution in [1.29, 1.82) is 0 Å². The standard InChI is InChI=1S/C34H33N3O7S/c1-5-44-34(39)28-21-36(19-24-10-6-7-12-29(24)43-4)33-30(31(28)38)27(32(45-33)23-13-15-26(42-3)16-14-23)20-35(2)18-22-9-8-11-25(17-22)37(40)41/h6-17,21H,5,18-20H2,1-4H3. The fourth-order valence-corrected chi connectivity index (χ4v) is 6.61. The Labute approximate surface area is 264 Å². The number of nitro benzene ring substituents is 1. The highest BCUT2D eigenvalue weighted by atomic mass is 32.1. The van der Waals surface area contributed by atoms with Gasteiger partial charge in [-0.1, -0.05) is 30.3 Å². The maximum absolute atomic E-state index is 14.2. The molecule has 0 unspecified atom stereocenters. The molecule has 3 aromatic carbocycles. The second-order valence-corrected chi connectivity index (χ2v) is 11.4. The fourth-order valence-electron chi connectivity index (χ4n) is 5.32. The minimum absolute atomic E-state index is 0.0131. The Hall–Kier alpha value is -5.00. The number of para-hydroxylation sites is 1. The average Bonchev–Trinajstić information content (AvgIpc) is 3.42. The van der Waals surface area contributed by atoms with Gasteiger partial charge in [-0.2, -0.15) is 0 Å². The lowest BCUT2D eigenvalue weighted by atomic mass is 10.0. The van der Waals surface area contributed by atoms with E-state index in [4.69, 9.17) is 14.2 Å². The summed E-state index contributed by atoms with van der Waals surface area (Å²) in [6.45, 7) is 2.90. The molecule has 0 aliphatic carbocycles. The van der Waals surface area contributed by atoms with Crippen LogP contribution in [0.3, 0.4) is 0 Å². The van der Waals surface area contributed by atoms with Gasteiger partial charge in [0, 0.05) is 41.9 Å². The number of rotatable bonds is 12. The van der Waals surface area contributed by atoms with Crippen LogP contribution in [0.5, 0.6) is 11.5 Å². The third-order valence-corrected chi connectivity index (χ3v) is 8.71. The van der Waals surface area contributed by atoms with Gasteiger partial charge in [0.15, 0.2) is 0 Å². The molecule has 0 bridgehead atoms. The first-order valence-electron chi connectivity index (χ1n) is 14.3. The number of pyridine rings is 1. The Morgan fingerprint density at radius 2 is 1.76 bits per heavy atom. The van der Waals surface area contributed by atoms with E-state index in [2.05, 4.69) is 0 Å². The summed E-state index contributed by atoms with van der Waals surface area (Å²) in [6.07, 6.45) is 1.57. The van der Waals surface area contributed by atoms with Crippen molar-refractivity contribution in [3.05, 3.63) is 122 Å². The molecule has 0 radical (unpaired) electrons. The van der Waals surface area contributed by atoms with Crippen LogP contribution in [0.4, 0.5) is 5.69 Å². The molecule has 0 N–H and O–H groups in total. The van der Waals surface area contributed by atoms with E-state index in [1.807, 2.05) is 71.1 Å². The first kappa shape index (κ1) is 31.4. The molecular weight excluding hydrogens is 594 g/mol. The summed E-state index contributed by atoms with van der Waals surface area (Å²) in [5.41, 5.74) is 2.82. The van der Waals surface area contributed by atoms with Crippen molar-refractivity contribution in [3.8, 4) is 21.9 Å². The van der Waals surface area contributed by atoms with Crippen LogP contribution < -0.4 is 14.9 Å². The summed E-state index contributed by atoms with van der Waals surface area (Å²) < 4.78 is 18.2. The number of ether oxygens (including phenoxy) is 3. The maximum Gasteiger partial charge on any atom is 0.343 e. The van der Waals surface area contributed by atoms with E-state index in [9.17, 15) is 19.7 Å². The molecule has 0 atom stereocenters. The zero-order valence-electron chi connectivity index (χ0n) is 25.4. The van der Waals surface area contributed by atoms with Crippen LogP contribution in [-0.2, 0) is 24.4 Å². The van der Waals surface area contributed by atoms with Crippen molar-refractivity contribution >= 4 is 33.2 Å². The highest BCUT2D eigenvalue weighted by Crippen LogP contribution is 2.39. The van der Waals surface area contributed by atoms with Crippen LogP contribution in [0, 0.1) is 10.1 Å². The number of carbonyl (C=O) groups excluding carboxylic acids is 1.